The van der Waals surface area contributed by atoms with E-state index in [1.54, 1.807) is 11.2 Å². The van der Waals surface area contributed by atoms with Crippen molar-refractivity contribution in [2.45, 2.75) is 269 Å². The second-order valence-electron chi connectivity index (χ2n) is 40.5. The van der Waals surface area contributed by atoms with E-state index in [4.69, 9.17) is 43.6 Å². The molecule has 0 saturated heterocycles. The molecular formula is C94H139BBr5IN6O16S2Si4. The van der Waals surface area contributed by atoms with Crippen LogP contribution in [0.3, 0.4) is 0 Å². The van der Waals surface area contributed by atoms with Gasteiger partial charge in [0.05, 0.1) is 101 Å². The van der Waals surface area contributed by atoms with Gasteiger partial charge in [-0.15, -0.1) is 0 Å². The molecule has 9 aromatic rings. The van der Waals surface area contributed by atoms with Gasteiger partial charge in [-0.3, -0.25) is 9.03 Å². The number of esters is 3. The summed E-state index contributed by atoms with van der Waals surface area (Å²) in [7, 11) is -7.45. The van der Waals surface area contributed by atoms with Crippen LogP contribution in [0.2, 0.25) is 103 Å². The van der Waals surface area contributed by atoms with Gasteiger partial charge in [-0.25, -0.2) is 31.2 Å². The van der Waals surface area contributed by atoms with Crippen molar-refractivity contribution in [1.29, 1.82) is 0 Å². The van der Waals surface area contributed by atoms with Crippen molar-refractivity contribution in [2.24, 2.45) is 0 Å². The van der Waals surface area contributed by atoms with Gasteiger partial charge in [0.2, 0.25) is 20.0 Å². The molecule has 6 aromatic carbocycles. The smallest absolute Gasteiger partial charge is 0.133 e. The summed E-state index contributed by atoms with van der Waals surface area (Å²) in [6.07, 6.45) is -2.88. The summed E-state index contributed by atoms with van der Waals surface area (Å²) in [5, 5.41) is 2.55. The third-order valence-corrected chi connectivity index (χ3v) is 36.6. The summed E-state index contributed by atoms with van der Waals surface area (Å²) in [6.45, 7) is 63.9. The van der Waals surface area contributed by atoms with Crippen LogP contribution in [0, 0.1) is 65.9 Å². The monoisotopic (exact) mass is 2320 g/mol. The third-order valence-electron chi connectivity index (χ3n) is 20.4. The van der Waals surface area contributed by atoms with Gasteiger partial charge in [0.15, 0.2) is 18.3 Å². The van der Waals surface area contributed by atoms with E-state index in [0.29, 0.717) is 97.9 Å². The van der Waals surface area contributed by atoms with Crippen LogP contribution >= 0.6 is 102 Å². The second kappa shape index (κ2) is 47.2. The number of ether oxygens (including phenoxy) is 8. The van der Waals surface area contributed by atoms with Crippen LogP contribution in [0.4, 0.5) is 17.1 Å². The van der Waals surface area contributed by atoms with Crippen molar-refractivity contribution >= 4 is 235 Å². The Bertz CT molecular complexity index is 5710. The maximum absolute atomic E-state index is 13.6. The van der Waals surface area contributed by atoms with Crippen LogP contribution in [-0.4, -0.2) is 158 Å². The number of benzene rings is 6. The Morgan fingerprint density at radius 1 is 0.504 bits per heavy atom. The first-order valence-electron chi connectivity index (χ1n) is 43.0. The van der Waals surface area contributed by atoms with E-state index in [0.717, 1.165) is 94.4 Å². The molecular weight excluding hydrogens is 2180 g/mol. The number of aromatic nitrogens is 3. The minimum absolute atomic E-state index is 0.0493. The Morgan fingerprint density at radius 2 is 0.891 bits per heavy atom. The quantitative estimate of drug-likeness (QED) is 0.0122. The van der Waals surface area contributed by atoms with Crippen LogP contribution in [0.25, 0.3) is 32.7 Å². The van der Waals surface area contributed by atoms with Gasteiger partial charge < -0.3 is 53.4 Å². The standard InChI is InChI=1S/C24H37BrN2O5SSi.C22H35BrN2O5SSi.C17H23BrN2O3.C12H19BO2Si.C12H19BrOSi.C7H6BrI/c1-15-14-17-19(25)18(22(23(28)31-6)32-24(3,4)5)16(2)20-21(17)26(15)10-11-27(20)33(29,30)12-13-34(7,8)9;1-13-12-15-17(23)16(20(21(26)29-6)30-22(3,4)5)14(2)18(19(15)24-13)25-31(27,28)10-11-32(7,8)9;1-8-7-10-12(18)11(9(2)13(19)14(10)20-8)15(16(21)22-6)23-17(3,4)5;1-10-5-6-11(13-14)12(9-10)15-7-8-16(2,3)4;1-10-5-6-11(13)12(9-10)14-7-8-15(2,3)4;1-5-2-3-6(8)7(9)4-5/h14,22H,10-13H2,1-9H3;12,20,24-25H,10-11H2,1-9H3;7,15,20H,19H2,1-6H3;5-6,9H,7-8H2,1-4H3;5-6,9H,7-8H2,1-4H3;2-4H,1H3/t22-;20-;15-;;;/m000.../s1. The van der Waals surface area contributed by atoms with Gasteiger partial charge in [0, 0.05) is 102 Å². The number of hydrogen-bond acceptors (Lipinski definition) is 17. The van der Waals surface area contributed by atoms with Crippen molar-refractivity contribution in [3.05, 3.63) is 166 Å². The van der Waals surface area contributed by atoms with Crippen LogP contribution in [0.5, 0.6) is 11.5 Å². The predicted molar refractivity (Wildman–Crippen MR) is 571 cm³/mol. The number of anilines is 3. The molecule has 35 heteroatoms. The Morgan fingerprint density at radius 3 is 1.32 bits per heavy atom. The maximum atomic E-state index is 13.6. The molecule has 3 atom stereocenters. The molecule has 129 heavy (non-hydrogen) atoms. The van der Waals surface area contributed by atoms with Gasteiger partial charge in [0.1, 0.15) is 5.75 Å². The van der Waals surface area contributed by atoms with Crippen molar-refractivity contribution < 1.29 is 73.8 Å². The first-order valence-corrected chi connectivity index (χ1v) is 66.1. The van der Waals surface area contributed by atoms with Crippen molar-refractivity contribution in [3.8, 4) is 11.5 Å². The molecule has 0 radical (unpaired) electrons. The zero-order valence-electron chi connectivity index (χ0n) is 81.9. The molecule has 1 aliphatic heterocycles. The number of nitrogens with one attached hydrogen (secondary N) is 3. The number of sulfonamides is 2. The Balaban J connectivity index is 0.000000287. The molecule has 22 nitrogen and oxygen atoms in total. The van der Waals surface area contributed by atoms with E-state index in [2.05, 4.69) is 244 Å². The van der Waals surface area contributed by atoms with Crippen LogP contribution < -0.4 is 29.7 Å². The summed E-state index contributed by atoms with van der Waals surface area (Å²) in [6, 6.07) is 27.7. The predicted octanol–water partition coefficient (Wildman–Crippen LogP) is 25.6. The number of aromatic amines is 2. The first-order chi connectivity index (χ1) is 59.0. The molecule has 1 aliphatic rings. The molecule has 3 aromatic heterocycles. The van der Waals surface area contributed by atoms with Gasteiger partial charge in [-0.2, -0.15) is 0 Å². The zero-order chi connectivity index (χ0) is 98.5. The third kappa shape index (κ3) is 34.3. The zero-order valence-corrected chi connectivity index (χ0v) is 97.6. The Hall–Kier alpha value is -5.01. The maximum Gasteiger partial charge on any atom is 0.133 e. The van der Waals surface area contributed by atoms with Crippen LogP contribution in [0.1, 0.15) is 148 Å². The van der Waals surface area contributed by atoms with Gasteiger partial charge >= 0.3 is 117 Å². The summed E-state index contributed by atoms with van der Waals surface area (Å²) in [5.41, 5.74) is 19.7. The fourth-order valence-electron chi connectivity index (χ4n) is 13.5. The van der Waals surface area contributed by atoms with Crippen molar-refractivity contribution in [1.82, 2.24) is 14.5 Å². The van der Waals surface area contributed by atoms with Gasteiger partial charge in [-0.1, -0.05) is 76.6 Å². The number of rotatable bonds is 27. The second-order valence-corrected chi connectivity index (χ2v) is 72.1. The van der Waals surface area contributed by atoms with Crippen molar-refractivity contribution in [2.75, 3.05) is 67.4 Å². The van der Waals surface area contributed by atoms with E-state index < -0.39 is 105 Å². The average Bonchev–Trinajstić information content (AvgIpc) is 1.63. The topological polar surface area (TPSA) is 288 Å². The van der Waals surface area contributed by atoms with Crippen LogP contribution in [-0.2, 0) is 74.1 Å². The summed E-state index contributed by atoms with van der Waals surface area (Å²) in [5.74, 6) is 0.325. The number of carbonyl (C=O) groups excluding carboxylic acids is 3. The van der Waals surface area contributed by atoms with Gasteiger partial charge in [0.25, 0.3) is 0 Å². The number of fused-ring (bicyclic) bond motifs is 2. The molecule has 0 amide bonds. The number of halogens is 6. The minimum Gasteiger partial charge on any atom is -0.493 e. The van der Waals surface area contributed by atoms with E-state index in [9.17, 15) is 35.9 Å². The van der Waals surface area contributed by atoms with Crippen molar-refractivity contribution in [3.63, 3.8) is 0 Å². The number of nitrogen functional groups attached to an aromatic ring is 1. The number of nitrogens with two attached hydrogens (primary N) is 1. The first kappa shape index (κ1) is 114. The molecule has 10 rings (SSSR count). The molecule has 4 heterocycles. The number of H-pyrrole nitrogens is 2. The van der Waals surface area contributed by atoms with E-state index in [1.807, 2.05) is 146 Å². The summed E-state index contributed by atoms with van der Waals surface area (Å²) >= 11 is 20.2. The van der Waals surface area contributed by atoms with Gasteiger partial charge in [-0.05, 0) is 303 Å². The Labute approximate surface area is 828 Å². The minimum atomic E-state index is -3.60. The SMILES string of the molecule is COC(=O)[C@@H](OC(C)(C)C)c1c(C)c(N)c2[nH]c(C)cc2c1Br.COC(=O)[C@@H](OC(C)(C)C)c1c(C)c(NS(=O)(=O)CC[Si](C)(C)C)c2[nH]c(C)cc2c1Br.COC(=O)[C@@H](OC(C)(C)C)c1c(C)c2c3c(cc(C)n3CCN2S(=O)(=O)CC[Si](C)(C)C)c1Br.Cc1ccc(B=O)c(OCC[Si](C)(C)C)c1.Cc1ccc(Br)c(I)c1.Cc1ccc(Br)c(OCC[Si](C)(C)C)c1. The molecule has 0 bridgehead atoms. The molecule has 0 aliphatic carbocycles. The van der Waals surface area contributed by atoms with E-state index in [-0.39, 0.29) is 11.5 Å². The number of nitrogens with zero attached hydrogens (tertiary/aromatic N) is 2. The number of carbonyl (C=O) groups is 3. The summed E-state index contributed by atoms with van der Waals surface area (Å²) < 4.78 is 121. The average molecular weight is 2320 g/mol. The molecule has 5 N–H and O–H groups in total. The van der Waals surface area contributed by atoms with E-state index in [1.165, 1.54) is 46.5 Å². The largest absolute Gasteiger partial charge is 0.493 e. The summed E-state index contributed by atoms with van der Waals surface area (Å²) in [4.78, 5) is 44.5. The molecule has 714 valence electrons. The normalized spacial score (nSPS) is 13.3. The molecule has 0 fully saturated rings. The fraction of sp³-hybridized carbons (Fsp3) is 0.521. The number of hydrogen-bond donors (Lipinski definition) is 4. The number of aryl methyl sites for hydroxylation is 6. The number of methoxy groups -OCH3 is 3. The molecule has 0 unspecified atom stereocenters. The molecule has 0 spiro atoms. The Kier molecular flexibility index (Phi) is 41.9. The molecule has 0 saturated carbocycles. The van der Waals surface area contributed by atoms with E-state index >= 15 is 0 Å². The van der Waals surface area contributed by atoms with Crippen LogP contribution in [0.15, 0.2) is 95.2 Å². The fourth-order valence-corrected chi connectivity index (χ4v) is 27.4.